The van der Waals surface area contributed by atoms with Crippen LogP contribution in [0.15, 0.2) is 34.2 Å². The molecule has 3 nitrogen and oxygen atoms in total. The summed E-state index contributed by atoms with van der Waals surface area (Å²) < 4.78 is 0. The van der Waals surface area contributed by atoms with E-state index in [9.17, 15) is 0 Å². The first-order valence-corrected chi connectivity index (χ1v) is 8.54. The molecule has 0 bridgehead atoms. The number of fused-ring (bicyclic) bond motifs is 1. The van der Waals surface area contributed by atoms with Crippen molar-refractivity contribution in [3.63, 3.8) is 0 Å². The third kappa shape index (κ3) is 3.11. The fraction of sp³-hybridized carbons (Fsp3) is 0.143. The molecule has 108 valence electrons. The van der Waals surface area contributed by atoms with Crippen molar-refractivity contribution in [2.24, 2.45) is 0 Å². The van der Waals surface area contributed by atoms with Gasteiger partial charge in [0.25, 0.3) is 0 Å². The van der Waals surface area contributed by atoms with Gasteiger partial charge >= 0.3 is 0 Å². The lowest BCUT2D eigenvalue weighted by atomic mass is 10.4. The maximum Gasteiger partial charge on any atom is 0.224 e. The first kappa shape index (κ1) is 14.9. The van der Waals surface area contributed by atoms with Crippen LogP contribution in [0, 0.1) is 6.92 Å². The highest BCUT2D eigenvalue weighted by molar-refractivity contribution is 7.99. The molecule has 2 heterocycles. The predicted octanol–water partition coefficient (Wildman–Crippen LogP) is 5.50. The largest absolute Gasteiger partial charge is 0.357 e. The summed E-state index contributed by atoms with van der Waals surface area (Å²) in [6, 6.07) is 7.69. The van der Waals surface area contributed by atoms with E-state index >= 15 is 0 Å². The van der Waals surface area contributed by atoms with Gasteiger partial charge in [-0.3, -0.25) is 0 Å². The van der Waals surface area contributed by atoms with Crippen molar-refractivity contribution in [3.05, 3.63) is 39.2 Å². The molecule has 21 heavy (non-hydrogen) atoms. The highest BCUT2D eigenvalue weighted by atomic mass is 35.5. The van der Waals surface area contributed by atoms with Gasteiger partial charge in [-0.1, -0.05) is 35.0 Å². The highest BCUT2D eigenvalue weighted by Crippen LogP contribution is 2.37. The van der Waals surface area contributed by atoms with Gasteiger partial charge in [0.05, 0.1) is 10.0 Å². The van der Waals surface area contributed by atoms with Gasteiger partial charge in [-0.15, -0.1) is 11.3 Å². The number of hydrogen-bond donors (Lipinski definition) is 1. The van der Waals surface area contributed by atoms with Gasteiger partial charge in [0.2, 0.25) is 5.95 Å². The van der Waals surface area contributed by atoms with Crippen molar-refractivity contribution in [1.29, 1.82) is 0 Å². The molecule has 3 rings (SSSR count). The topological polar surface area (TPSA) is 37.8 Å². The summed E-state index contributed by atoms with van der Waals surface area (Å²) in [7, 11) is 1.81. The standard InChI is InChI=1S/C14H11Cl2N3S2/c1-7-5-9-12(20-7)18-14(17-2)19-13(9)21-8-3-4-10(15)11(16)6-8/h3-6H,1-2H3,(H,17,18,19). The molecule has 0 unspecified atom stereocenters. The molecule has 0 amide bonds. The van der Waals surface area contributed by atoms with Gasteiger partial charge in [-0.2, -0.15) is 0 Å². The molecule has 0 atom stereocenters. The molecule has 0 aliphatic rings. The van der Waals surface area contributed by atoms with Crippen LogP contribution in [0.5, 0.6) is 0 Å². The summed E-state index contributed by atoms with van der Waals surface area (Å²) in [4.78, 5) is 12.2. The summed E-state index contributed by atoms with van der Waals surface area (Å²) in [6.45, 7) is 2.07. The fourth-order valence-corrected chi connectivity index (χ4v) is 4.10. The number of rotatable bonds is 3. The minimum atomic E-state index is 0.544. The summed E-state index contributed by atoms with van der Waals surface area (Å²) >= 11 is 15.2. The number of thiophene rings is 1. The van der Waals surface area contributed by atoms with Crippen molar-refractivity contribution >= 4 is 62.5 Å². The molecule has 2 aromatic heterocycles. The van der Waals surface area contributed by atoms with Crippen LogP contribution in [-0.4, -0.2) is 17.0 Å². The predicted molar refractivity (Wildman–Crippen MR) is 92.3 cm³/mol. The molecule has 1 N–H and O–H groups in total. The van der Waals surface area contributed by atoms with E-state index < -0.39 is 0 Å². The van der Waals surface area contributed by atoms with Crippen LogP contribution in [-0.2, 0) is 0 Å². The Hall–Kier alpha value is -1.01. The van der Waals surface area contributed by atoms with Crippen LogP contribution in [0.25, 0.3) is 10.2 Å². The van der Waals surface area contributed by atoms with E-state index in [4.69, 9.17) is 23.2 Å². The van der Waals surface area contributed by atoms with Crippen LogP contribution in [0.1, 0.15) is 4.88 Å². The van der Waals surface area contributed by atoms with E-state index in [-0.39, 0.29) is 0 Å². The summed E-state index contributed by atoms with van der Waals surface area (Å²) in [6.07, 6.45) is 0. The zero-order chi connectivity index (χ0) is 15.0. The van der Waals surface area contributed by atoms with E-state index in [1.54, 1.807) is 29.2 Å². The lowest BCUT2D eigenvalue weighted by Crippen LogP contribution is -1.96. The SMILES string of the molecule is CNc1nc(Sc2ccc(Cl)c(Cl)c2)c2cc(C)sc2n1. The van der Waals surface area contributed by atoms with E-state index in [2.05, 4.69) is 28.3 Å². The number of benzene rings is 1. The number of aromatic nitrogens is 2. The average Bonchev–Trinajstić information content (AvgIpc) is 2.83. The minimum Gasteiger partial charge on any atom is -0.357 e. The van der Waals surface area contributed by atoms with Gasteiger partial charge < -0.3 is 5.32 Å². The number of hydrogen-bond acceptors (Lipinski definition) is 5. The van der Waals surface area contributed by atoms with Crippen molar-refractivity contribution in [1.82, 2.24) is 9.97 Å². The maximum absolute atomic E-state index is 6.07. The Bertz CT molecular complexity index is 817. The van der Waals surface area contributed by atoms with Crippen LogP contribution in [0.3, 0.4) is 0 Å². The Morgan fingerprint density at radius 1 is 1.14 bits per heavy atom. The Labute approximate surface area is 140 Å². The average molecular weight is 356 g/mol. The Balaban J connectivity index is 2.07. The van der Waals surface area contributed by atoms with Gasteiger partial charge in [-0.25, -0.2) is 9.97 Å². The number of aryl methyl sites for hydroxylation is 1. The second-order valence-electron chi connectivity index (χ2n) is 4.36. The zero-order valence-electron chi connectivity index (χ0n) is 11.3. The van der Waals surface area contributed by atoms with E-state index in [1.807, 2.05) is 19.2 Å². The lowest BCUT2D eigenvalue weighted by Gasteiger charge is -2.06. The summed E-state index contributed by atoms with van der Waals surface area (Å²) in [5.41, 5.74) is 0. The highest BCUT2D eigenvalue weighted by Gasteiger charge is 2.12. The summed E-state index contributed by atoms with van der Waals surface area (Å²) in [5.74, 6) is 0.618. The van der Waals surface area contributed by atoms with Crippen LogP contribution in [0.4, 0.5) is 5.95 Å². The number of nitrogens with zero attached hydrogens (tertiary/aromatic N) is 2. The third-order valence-electron chi connectivity index (χ3n) is 2.81. The molecule has 0 aliphatic heterocycles. The molecule has 0 radical (unpaired) electrons. The fourth-order valence-electron chi connectivity index (χ4n) is 1.86. The third-order valence-corrected chi connectivity index (χ3v) is 5.49. The van der Waals surface area contributed by atoms with E-state index in [0.29, 0.717) is 16.0 Å². The second kappa shape index (κ2) is 6.01. The van der Waals surface area contributed by atoms with Crippen molar-refractivity contribution in [2.45, 2.75) is 16.8 Å². The Morgan fingerprint density at radius 3 is 2.67 bits per heavy atom. The first-order chi connectivity index (χ1) is 10.1. The second-order valence-corrected chi connectivity index (χ2v) is 7.47. The molecular formula is C14H11Cl2N3S2. The first-order valence-electron chi connectivity index (χ1n) is 6.15. The Kier molecular flexibility index (Phi) is 4.26. The molecule has 0 saturated heterocycles. The van der Waals surface area contributed by atoms with E-state index in [0.717, 1.165) is 20.1 Å². The smallest absolute Gasteiger partial charge is 0.224 e. The molecule has 0 spiro atoms. The summed E-state index contributed by atoms with van der Waals surface area (Å²) in [5, 5.41) is 6.07. The molecule has 0 saturated carbocycles. The van der Waals surface area contributed by atoms with Crippen molar-refractivity contribution < 1.29 is 0 Å². The molecule has 0 aliphatic carbocycles. The van der Waals surface area contributed by atoms with Crippen LogP contribution >= 0.6 is 46.3 Å². The molecular weight excluding hydrogens is 345 g/mol. The van der Waals surface area contributed by atoms with Gasteiger partial charge in [-0.05, 0) is 31.2 Å². The quantitative estimate of drug-likeness (QED) is 0.629. The normalized spacial score (nSPS) is 11.0. The molecule has 1 aromatic carbocycles. The van der Waals surface area contributed by atoms with E-state index in [1.165, 1.54) is 4.88 Å². The van der Waals surface area contributed by atoms with Crippen molar-refractivity contribution in [3.8, 4) is 0 Å². The number of nitrogens with one attached hydrogen (secondary N) is 1. The van der Waals surface area contributed by atoms with Crippen LogP contribution < -0.4 is 5.32 Å². The molecule has 0 fully saturated rings. The minimum absolute atomic E-state index is 0.544. The number of anilines is 1. The number of halogens is 2. The van der Waals surface area contributed by atoms with Gasteiger partial charge in [0.1, 0.15) is 9.86 Å². The monoisotopic (exact) mass is 355 g/mol. The van der Waals surface area contributed by atoms with Gasteiger partial charge in [0.15, 0.2) is 0 Å². The zero-order valence-corrected chi connectivity index (χ0v) is 14.4. The van der Waals surface area contributed by atoms with Gasteiger partial charge in [0, 0.05) is 22.2 Å². The molecule has 3 aromatic rings. The van der Waals surface area contributed by atoms with Crippen LogP contribution in [0.2, 0.25) is 10.0 Å². The van der Waals surface area contributed by atoms with Crippen molar-refractivity contribution in [2.75, 3.05) is 12.4 Å². The lowest BCUT2D eigenvalue weighted by molar-refractivity contribution is 1.10. The Morgan fingerprint density at radius 2 is 1.95 bits per heavy atom. The maximum atomic E-state index is 6.07. The molecule has 7 heteroatoms.